The van der Waals surface area contributed by atoms with Crippen LogP contribution in [0.3, 0.4) is 0 Å². The Morgan fingerprint density at radius 3 is 2.03 bits per heavy atom. The van der Waals surface area contributed by atoms with Crippen LogP contribution >= 0.6 is 0 Å². The lowest BCUT2D eigenvalue weighted by molar-refractivity contribution is -0.143. The van der Waals surface area contributed by atoms with Crippen LogP contribution in [0.15, 0.2) is 61.1 Å². The summed E-state index contributed by atoms with van der Waals surface area (Å²) in [7, 11) is 0. The minimum absolute atomic E-state index is 0.0196. The van der Waals surface area contributed by atoms with Gasteiger partial charge in [0.2, 0.25) is 0 Å². The summed E-state index contributed by atoms with van der Waals surface area (Å²) >= 11 is 0. The van der Waals surface area contributed by atoms with Crippen molar-refractivity contribution in [2.75, 3.05) is 0 Å². The van der Waals surface area contributed by atoms with Crippen molar-refractivity contribution in [1.29, 1.82) is 0 Å². The summed E-state index contributed by atoms with van der Waals surface area (Å²) in [6.45, 7) is 0. The molecule has 3 aromatic heterocycles. The Morgan fingerprint density at radius 2 is 1.43 bits per heavy atom. The molecule has 0 saturated carbocycles. The number of alkyl halides is 6. The van der Waals surface area contributed by atoms with Crippen molar-refractivity contribution in [3.05, 3.63) is 72.4 Å². The first-order valence-electron chi connectivity index (χ1n) is 8.31. The highest BCUT2D eigenvalue weighted by Crippen LogP contribution is 2.36. The van der Waals surface area contributed by atoms with Gasteiger partial charge in [0.25, 0.3) is 0 Å². The molecule has 30 heavy (non-hydrogen) atoms. The van der Waals surface area contributed by atoms with Crippen molar-refractivity contribution >= 4 is 0 Å². The van der Waals surface area contributed by atoms with Crippen LogP contribution in [0.1, 0.15) is 11.4 Å². The fourth-order valence-electron chi connectivity index (χ4n) is 2.71. The molecule has 154 valence electrons. The van der Waals surface area contributed by atoms with Crippen LogP contribution in [0, 0.1) is 0 Å². The summed E-state index contributed by atoms with van der Waals surface area (Å²) in [4.78, 5) is 3.90. The second kappa shape index (κ2) is 6.97. The van der Waals surface area contributed by atoms with Gasteiger partial charge in [-0.3, -0.25) is 4.98 Å². The molecule has 0 radical (unpaired) electrons. The maximum Gasteiger partial charge on any atom is 0.435 e. The van der Waals surface area contributed by atoms with E-state index in [4.69, 9.17) is 0 Å². The van der Waals surface area contributed by atoms with E-state index in [1.165, 1.54) is 28.9 Å². The van der Waals surface area contributed by atoms with E-state index in [1.807, 2.05) is 0 Å². The molecule has 0 N–H and O–H groups in total. The molecule has 0 aliphatic carbocycles. The molecule has 0 unspecified atom stereocenters. The SMILES string of the molecule is FC(F)(F)c1cc(C(F)(F)F)n(-c2ccc(-c3cn(-c4ccncc4)nn3)cc2)n1. The number of pyridine rings is 1. The third-order valence-corrected chi connectivity index (χ3v) is 4.12. The summed E-state index contributed by atoms with van der Waals surface area (Å²) in [5.41, 5.74) is -1.69. The van der Waals surface area contributed by atoms with E-state index in [-0.39, 0.29) is 16.4 Å². The number of hydrogen-bond donors (Lipinski definition) is 0. The van der Waals surface area contributed by atoms with Gasteiger partial charge in [-0.2, -0.15) is 31.4 Å². The summed E-state index contributed by atoms with van der Waals surface area (Å²) in [5.74, 6) is 0. The van der Waals surface area contributed by atoms with E-state index in [0.717, 1.165) is 0 Å². The lowest BCUT2D eigenvalue weighted by Crippen LogP contribution is -2.13. The van der Waals surface area contributed by atoms with Crippen LogP contribution in [0.5, 0.6) is 0 Å². The highest BCUT2D eigenvalue weighted by atomic mass is 19.4. The predicted octanol–water partition coefficient (Wildman–Crippen LogP) is 4.55. The molecule has 0 saturated heterocycles. The monoisotopic (exact) mass is 424 g/mol. The first kappa shape index (κ1) is 19.6. The van der Waals surface area contributed by atoms with Gasteiger partial charge in [0, 0.05) is 24.0 Å². The van der Waals surface area contributed by atoms with Gasteiger partial charge >= 0.3 is 12.4 Å². The molecule has 12 heteroatoms. The summed E-state index contributed by atoms with van der Waals surface area (Å²) in [6.07, 6.45) is -5.27. The molecule has 1 aromatic carbocycles. The Hall–Kier alpha value is -3.70. The zero-order valence-electron chi connectivity index (χ0n) is 14.7. The van der Waals surface area contributed by atoms with Gasteiger partial charge < -0.3 is 0 Å². The molecule has 0 atom stereocenters. The Bertz CT molecular complexity index is 1160. The quantitative estimate of drug-likeness (QED) is 0.453. The van der Waals surface area contributed by atoms with E-state index in [1.54, 1.807) is 30.7 Å². The fourth-order valence-corrected chi connectivity index (χ4v) is 2.71. The van der Waals surface area contributed by atoms with Crippen LogP contribution in [0.25, 0.3) is 22.6 Å². The lowest BCUT2D eigenvalue weighted by Gasteiger charge is -2.10. The molecule has 0 bridgehead atoms. The average Bonchev–Trinajstić information content (AvgIpc) is 3.36. The Morgan fingerprint density at radius 1 is 0.767 bits per heavy atom. The van der Waals surface area contributed by atoms with E-state index in [0.29, 0.717) is 16.9 Å². The Kier molecular flexibility index (Phi) is 4.56. The molecule has 3 heterocycles. The second-order valence-electron chi connectivity index (χ2n) is 6.12. The summed E-state index contributed by atoms with van der Waals surface area (Å²) < 4.78 is 79.8. The van der Waals surface area contributed by atoms with E-state index >= 15 is 0 Å². The van der Waals surface area contributed by atoms with Gasteiger partial charge in [-0.1, -0.05) is 17.3 Å². The van der Waals surface area contributed by atoms with Gasteiger partial charge in [0.1, 0.15) is 11.4 Å². The predicted molar refractivity (Wildman–Crippen MR) is 91.7 cm³/mol. The van der Waals surface area contributed by atoms with Gasteiger partial charge in [-0.25, -0.2) is 9.36 Å². The van der Waals surface area contributed by atoms with Crippen molar-refractivity contribution in [1.82, 2.24) is 29.8 Å². The third-order valence-electron chi connectivity index (χ3n) is 4.12. The van der Waals surface area contributed by atoms with Gasteiger partial charge in [-0.15, -0.1) is 5.10 Å². The first-order valence-corrected chi connectivity index (χ1v) is 8.31. The van der Waals surface area contributed by atoms with Crippen LogP contribution in [0.2, 0.25) is 0 Å². The molecule has 0 fully saturated rings. The maximum absolute atomic E-state index is 13.2. The molecule has 0 aliphatic heterocycles. The van der Waals surface area contributed by atoms with Crippen molar-refractivity contribution in [3.63, 3.8) is 0 Å². The number of halogens is 6. The fraction of sp³-hybridized carbons (Fsp3) is 0.111. The molecular weight excluding hydrogens is 414 g/mol. The maximum atomic E-state index is 13.2. The minimum Gasteiger partial charge on any atom is -0.265 e. The molecule has 0 spiro atoms. The molecular formula is C18H10F6N6. The van der Waals surface area contributed by atoms with Crippen molar-refractivity contribution in [2.45, 2.75) is 12.4 Å². The second-order valence-corrected chi connectivity index (χ2v) is 6.12. The number of benzene rings is 1. The molecule has 0 amide bonds. The van der Waals surface area contributed by atoms with Crippen LogP contribution in [-0.4, -0.2) is 29.8 Å². The zero-order valence-corrected chi connectivity index (χ0v) is 14.7. The van der Waals surface area contributed by atoms with E-state index in [2.05, 4.69) is 20.4 Å². The van der Waals surface area contributed by atoms with E-state index in [9.17, 15) is 26.3 Å². The molecule has 4 aromatic rings. The Labute approximate surface area is 164 Å². The minimum atomic E-state index is -5.01. The topological polar surface area (TPSA) is 61.4 Å². The number of hydrogen-bond acceptors (Lipinski definition) is 4. The molecule has 4 rings (SSSR count). The van der Waals surface area contributed by atoms with Crippen LogP contribution in [-0.2, 0) is 12.4 Å². The van der Waals surface area contributed by atoms with Crippen molar-refractivity contribution in [2.24, 2.45) is 0 Å². The largest absolute Gasteiger partial charge is 0.435 e. The normalized spacial score (nSPS) is 12.3. The molecule has 6 nitrogen and oxygen atoms in total. The first-order chi connectivity index (χ1) is 14.1. The van der Waals surface area contributed by atoms with Crippen molar-refractivity contribution in [3.8, 4) is 22.6 Å². The molecule has 0 aliphatic rings. The van der Waals surface area contributed by atoms with Gasteiger partial charge in [0.05, 0.1) is 17.6 Å². The highest BCUT2D eigenvalue weighted by molar-refractivity contribution is 5.60. The van der Waals surface area contributed by atoms with Crippen molar-refractivity contribution < 1.29 is 26.3 Å². The summed E-state index contributed by atoms with van der Waals surface area (Å²) in [5, 5.41) is 11.1. The number of nitrogens with zero attached hydrogens (tertiary/aromatic N) is 6. The van der Waals surface area contributed by atoms with Crippen LogP contribution in [0.4, 0.5) is 26.3 Å². The number of aromatic nitrogens is 6. The third kappa shape index (κ3) is 3.75. The van der Waals surface area contributed by atoms with Crippen LogP contribution < -0.4 is 0 Å². The van der Waals surface area contributed by atoms with Gasteiger partial charge in [0.15, 0.2) is 5.69 Å². The zero-order chi connectivity index (χ0) is 21.5. The summed E-state index contributed by atoms with van der Waals surface area (Å²) in [6, 6.07) is 8.68. The van der Waals surface area contributed by atoms with Gasteiger partial charge in [-0.05, 0) is 24.3 Å². The highest BCUT2D eigenvalue weighted by Gasteiger charge is 2.42. The number of rotatable bonds is 3. The van der Waals surface area contributed by atoms with E-state index < -0.39 is 23.7 Å². The average molecular weight is 424 g/mol. The Balaban J connectivity index is 1.68. The lowest BCUT2D eigenvalue weighted by atomic mass is 10.1. The smallest absolute Gasteiger partial charge is 0.265 e. The standard InChI is InChI=1S/C18H10F6N6/c19-17(20,21)15-9-16(18(22,23)24)30(27-15)13-3-1-11(2-4-13)14-10-29(28-26-14)12-5-7-25-8-6-12/h1-10H.